The molecule has 1 unspecified atom stereocenters. The summed E-state index contributed by atoms with van der Waals surface area (Å²) in [5, 5.41) is 2.80. The third kappa shape index (κ3) is 3.53. The molecule has 4 heteroatoms. The Labute approximate surface area is 128 Å². The Morgan fingerprint density at radius 2 is 1.65 bits per heavy atom. The van der Waals surface area contributed by atoms with Gasteiger partial charge in [-0.05, 0) is 24.1 Å². The van der Waals surface area contributed by atoms with Crippen molar-refractivity contribution in [2.24, 2.45) is 0 Å². The minimum absolute atomic E-state index is 0.193. The van der Waals surface area contributed by atoms with Gasteiger partial charge in [0.25, 0.3) is 0 Å². The second-order valence-electron chi connectivity index (χ2n) is 4.53. The first-order valence-corrected chi connectivity index (χ1v) is 7.15. The molecule has 0 aliphatic rings. The van der Waals surface area contributed by atoms with Gasteiger partial charge in [-0.25, -0.2) is 0 Å². The summed E-state index contributed by atoms with van der Waals surface area (Å²) in [6, 6.07) is 16.5. The summed E-state index contributed by atoms with van der Waals surface area (Å²) in [5.74, 6) is -0.231. The molecule has 0 fully saturated rings. The van der Waals surface area contributed by atoms with Crippen molar-refractivity contribution in [1.82, 2.24) is 5.32 Å². The van der Waals surface area contributed by atoms with Crippen LogP contribution in [0.5, 0.6) is 0 Å². The van der Waals surface area contributed by atoms with E-state index in [9.17, 15) is 4.79 Å². The molecule has 0 saturated carbocycles. The van der Waals surface area contributed by atoms with Gasteiger partial charge < -0.3 is 5.32 Å². The van der Waals surface area contributed by atoms with E-state index < -0.39 is 5.38 Å². The van der Waals surface area contributed by atoms with Crippen LogP contribution in [0.15, 0.2) is 54.6 Å². The van der Waals surface area contributed by atoms with E-state index in [-0.39, 0.29) is 11.9 Å². The van der Waals surface area contributed by atoms with Crippen LogP contribution in [0.4, 0.5) is 0 Å². The van der Waals surface area contributed by atoms with E-state index in [1.165, 1.54) is 0 Å². The topological polar surface area (TPSA) is 29.1 Å². The van der Waals surface area contributed by atoms with E-state index in [1.54, 1.807) is 6.07 Å². The lowest BCUT2D eigenvalue weighted by Crippen LogP contribution is -2.29. The molecule has 2 atom stereocenters. The number of nitrogens with one attached hydrogen (secondary N) is 1. The van der Waals surface area contributed by atoms with E-state index in [2.05, 4.69) is 5.32 Å². The SMILES string of the molecule is C[C@@H](NC(=O)C(Cl)c1ccccc1)c1ccccc1Cl. The van der Waals surface area contributed by atoms with Gasteiger partial charge in [-0.3, -0.25) is 4.79 Å². The molecule has 1 amide bonds. The molecule has 2 rings (SSSR count). The lowest BCUT2D eigenvalue weighted by Gasteiger charge is -2.18. The quantitative estimate of drug-likeness (QED) is 0.828. The zero-order valence-electron chi connectivity index (χ0n) is 11.0. The normalized spacial score (nSPS) is 13.6. The summed E-state index contributed by atoms with van der Waals surface area (Å²) in [6.07, 6.45) is 0. The van der Waals surface area contributed by atoms with Crippen molar-refractivity contribution < 1.29 is 4.79 Å². The van der Waals surface area contributed by atoms with E-state index in [4.69, 9.17) is 23.2 Å². The van der Waals surface area contributed by atoms with E-state index in [1.807, 2.05) is 55.5 Å². The minimum atomic E-state index is -0.707. The zero-order valence-corrected chi connectivity index (χ0v) is 12.5. The smallest absolute Gasteiger partial charge is 0.243 e. The molecular weight excluding hydrogens is 293 g/mol. The fourth-order valence-electron chi connectivity index (χ4n) is 1.96. The highest BCUT2D eigenvalue weighted by Gasteiger charge is 2.20. The first kappa shape index (κ1) is 14.9. The van der Waals surface area contributed by atoms with Crippen LogP contribution in [0.2, 0.25) is 5.02 Å². The second-order valence-corrected chi connectivity index (χ2v) is 5.37. The van der Waals surface area contributed by atoms with Crippen molar-refractivity contribution >= 4 is 29.1 Å². The first-order valence-electron chi connectivity index (χ1n) is 6.33. The lowest BCUT2D eigenvalue weighted by molar-refractivity contribution is -0.121. The molecule has 20 heavy (non-hydrogen) atoms. The van der Waals surface area contributed by atoms with Crippen molar-refractivity contribution in [1.29, 1.82) is 0 Å². The van der Waals surface area contributed by atoms with E-state index in [0.717, 1.165) is 11.1 Å². The van der Waals surface area contributed by atoms with Crippen molar-refractivity contribution in [3.05, 3.63) is 70.7 Å². The van der Waals surface area contributed by atoms with Crippen LogP contribution in [0.3, 0.4) is 0 Å². The standard InChI is InChI=1S/C16H15Cl2NO/c1-11(13-9-5-6-10-14(13)17)19-16(20)15(18)12-7-3-2-4-8-12/h2-11,15H,1H3,(H,19,20)/t11-,15?/m1/s1. The molecule has 0 radical (unpaired) electrons. The number of carbonyl (C=O) groups is 1. The maximum absolute atomic E-state index is 12.2. The van der Waals surface area contributed by atoms with Crippen molar-refractivity contribution in [3.63, 3.8) is 0 Å². The fraction of sp³-hybridized carbons (Fsp3) is 0.188. The highest BCUT2D eigenvalue weighted by Crippen LogP contribution is 2.25. The maximum Gasteiger partial charge on any atom is 0.243 e. The summed E-state index contributed by atoms with van der Waals surface area (Å²) in [5.41, 5.74) is 1.65. The van der Waals surface area contributed by atoms with Crippen LogP contribution in [-0.4, -0.2) is 5.91 Å². The molecule has 0 aliphatic heterocycles. The summed E-state index contributed by atoms with van der Waals surface area (Å²) in [7, 11) is 0. The van der Waals surface area contributed by atoms with Gasteiger partial charge in [-0.1, -0.05) is 60.1 Å². The predicted octanol–water partition coefficient (Wildman–Crippen LogP) is 4.50. The third-order valence-electron chi connectivity index (χ3n) is 3.05. The van der Waals surface area contributed by atoms with Crippen LogP contribution in [0, 0.1) is 0 Å². The van der Waals surface area contributed by atoms with Crippen molar-refractivity contribution in [2.45, 2.75) is 18.3 Å². The number of hydrogen-bond donors (Lipinski definition) is 1. The Bertz CT molecular complexity index is 586. The Balaban J connectivity index is 2.07. The molecule has 0 saturated heterocycles. The molecule has 0 heterocycles. The highest BCUT2D eigenvalue weighted by molar-refractivity contribution is 6.31. The largest absolute Gasteiger partial charge is 0.348 e. The molecule has 2 aromatic carbocycles. The van der Waals surface area contributed by atoms with Gasteiger partial charge in [0.15, 0.2) is 0 Å². The average molecular weight is 308 g/mol. The third-order valence-corrected chi connectivity index (χ3v) is 3.85. The van der Waals surface area contributed by atoms with Gasteiger partial charge >= 0.3 is 0 Å². The fourth-order valence-corrected chi connectivity index (χ4v) is 2.47. The van der Waals surface area contributed by atoms with Gasteiger partial charge in [-0.15, -0.1) is 11.6 Å². The van der Waals surface area contributed by atoms with Gasteiger partial charge in [0.05, 0.1) is 6.04 Å². The molecule has 2 aromatic rings. The number of benzene rings is 2. The van der Waals surface area contributed by atoms with Crippen LogP contribution >= 0.6 is 23.2 Å². The Hall–Kier alpha value is -1.51. The molecule has 104 valence electrons. The Kier molecular flexibility index (Phi) is 5.05. The van der Waals surface area contributed by atoms with Gasteiger partial charge in [0.2, 0.25) is 5.91 Å². The molecule has 2 nitrogen and oxygen atoms in total. The summed E-state index contributed by atoms with van der Waals surface area (Å²) >= 11 is 12.3. The van der Waals surface area contributed by atoms with Gasteiger partial charge in [0.1, 0.15) is 5.38 Å². The molecule has 0 spiro atoms. The van der Waals surface area contributed by atoms with Crippen LogP contribution in [0.1, 0.15) is 29.5 Å². The highest BCUT2D eigenvalue weighted by atomic mass is 35.5. The number of rotatable bonds is 4. The minimum Gasteiger partial charge on any atom is -0.348 e. The summed E-state index contributed by atoms with van der Waals surface area (Å²) in [4.78, 5) is 12.2. The van der Waals surface area contributed by atoms with E-state index >= 15 is 0 Å². The van der Waals surface area contributed by atoms with Crippen molar-refractivity contribution in [2.75, 3.05) is 0 Å². The molecular formula is C16H15Cl2NO. The van der Waals surface area contributed by atoms with Gasteiger partial charge in [0, 0.05) is 5.02 Å². The molecule has 0 bridgehead atoms. The molecule has 0 aliphatic carbocycles. The molecule has 0 aromatic heterocycles. The average Bonchev–Trinajstić information content (AvgIpc) is 2.47. The van der Waals surface area contributed by atoms with Gasteiger partial charge in [-0.2, -0.15) is 0 Å². The number of hydrogen-bond acceptors (Lipinski definition) is 1. The van der Waals surface area contributed by atoms with E-state index in [0.29, 0.717) is 5.02 Å². The number of halogens is 2. The van der Waals surface area contributed by atoms with Crippen LogP contribution in [-0.2, 0) is 4.79 Å². The number of alkyl halides is 1. The van der Waals surface area contributed by atoms with Crippen LogP contribution < -0.4 is 5.32 Å². The Morgan fingerprint density at radius 1 is 1.05 bits per heavy atom. The predicted molar refractivity (Wildman–Crippen MR) is 83.0 cm³/mol. The van der Waals surface area contributed by atoms with Crippen molar-refractivity contribution in [3.8, 4) is 0 Å². The Morgan fingerprint density at radius 3 is 2.30 bits per heavy atom. The maximum atomic E-state index is 12.2. The molecule has 1 N–H and O–H groups in total. The number of carbonyl (C=O) groups excluding carboxylic acids is 1. The van der Waals surface area contributed by atoms with Crippen LogP contribution in [0.25, 0.3) is 0 Å². The monoisotopic (exact) mass is 307 g/mol. The number of amides is 1. The summed E-state index contributed by atoms with van der Waals surface area (Å²) in [6.45, 7) is 1.88. The first-order chi connectivity index (χ1) is 9.59. The summed E-state index contributed by atoms with van der Waals surface area (Å²) < 4.78 is 0. The second kappa shape index (κ2) is 6.78. The zero-order chi connectivity index (χ0) is 14.5. The lowest BCUT2D eigenvalue weighted by atomic mass is 10.1.